The molecule has 1 nitrogen and oxygen atoms in total. The highest BCUT2D eigenvalue weighted by Gasteiger charge is 2.29. The zero-order valence-corrected chi connectivity index (χ0v) is 15.1. The fraction of sp³-hybridized carbons (Fsp3) is 0.429. The Balaban J connectivity index is 1.95. The van der Waals surface area contributed by atoms with Gasteiger partial charge in [-0.1, -0.05) is 57.2 Å². The van der Waals surface area contributed by atoms with Crippen LogP contribution in [-0.2, 0) is 17.5 Å². The molecule has 0 spiro atoms. The lowest BCUT2D eigenvalue weighted by Gasteiger charge is -2.18. The van der Waals surface area contributed by atoms with E-state index in [9.17, 15) is 13.2 Å². The lowest BCUT2D eigenvalue weighted by molar-refractivity contribution is -0.137. The SMILES string of the molecule is CC(OCc1ccc(C(F)(F)F)cc1)c1ccc(C(C)C(C)C)cc1. The number of hydrogen-bond donors (Lipinski definition) is 0. The van der Waals surface area contributed by atoms with Crippen molar-refractivity contribution in [2.24, 2.45) is 5.92 Å². The number of benzene rings is 2. The lowest BCUT2D eigenvalue weighted by Crippen LogP contribution is -2.05. The molecule has 0 N–H and O–H groups in total. The maximum Gasteiger partial charge on any atom is 0.416 e. The summed E-state index contributed by atoms with van der Waals surface area (Å²) in [4.78, 5) is 0. The van der Waals surface area contributed by atoms with Gasteiger partial charge in [0, 0.05) is 0 Å². The minimum atomic E-state index is -4.30. The third kappa shape index (κ3) is 5.33. The van der Waals surface area contributed by atoms with Crippen LogP contribution in [0.15, 0.2) is 48.5 Å². The smallest absolute Gasteiger partial charge is 0.369 e. The Morgan fingerprint density at radius 1 is 0.800 bits per heavy atom. The van der Waals surface area contributed by atoms with Crippen LogP contribution < -0.4 is 0 Å². The Hall–Kier alpha value is -1.81. The first-order chi connectivity index (χ1) is 11.7. The highest BCUT2D eigenvalue weighted by atomic mass is 19.4. The van der Waals surface area contributed by atoms with Gasteiger partial charge in [0.1, 0.15) is 0 Å². The topological polar surface area (TPSA) is 9.23 Å². The van der Waals surface area contributed by atoms with Crippen molar-refractivity contribution in [1.29, 1.82) is 0 Å². The van der Waals surface area contributed by atoms with Gasteiger partial charge in [0.25, 0.3) is 0 Å². The molecule has 4 heteroatoms. The molecule has 0 aromatic heterocycles. The average molecular weight is 350 g/mol. The van der Waals surface area contributed by atoms with Crippen molar-refractivity contribution in [2.45, 2.75) is 52.5 Å². The molecule has 0 heterocycles. The molecule has 2 aromatic carbocycles. The summed E-state index contributed by atoms with van der Waals surface area (Å²) in [6.45, 7) is 8.85. The summed E-state index contributed by atoms with van der Waals surface area (Å²) in [5.74, 6) is 1.08. The number of hydrogen-bond acceptors (Lipinski definition) is 1. The summed E-state index contributed by atoms with van der Waals surface area (Å²) < 4.78 is 43.5. The standard InChI is InChI=1S/C21H25F3O/c1-14(2)15(3)18-7-9-19(10-8-18)16(4)25-13-17-5-11-20(12-6-17)21(22,23)24/h5-12,14-16H,13H2,1-4H3. The molecule has 25 heavy (non-hydrogen) atoms. The molecule has 0 aliphatic carbocycles. The monoisotopic (exact) mass is 350 g/mol. The second-order valence-electron chi connectivity index (χ2n) is 6.85. The van der Waals surface area contributed by atoms with E-state index in [0.717, 1.165) is 23.3 Å². The molecule has 2 unspecified atom stereocenters. The maximum absolute atomic E-state index is 12.6. The predicted octanol–water partition coefficient (Wildman–Crippen LogP) is 6.74. The molecule has 0 fully saturated rings. The molecule has 2 rings (SSSR count). The van der Waals surface area contributed by atoms with Crippen molar-refractivity contribution in [1.82, 2.24) is 0 Å². The summed E-state index contributed by atoms with van der Waals surface area (Å²) in [5.41, 5.74) is 2.45. The van der Waals surface area contributed by atoms with Crippen LogP contribution in [0, 0.1) is 5.92 Å². The van der Waals surface area contributed by atoms with Gasteiger partial charge in [-0.15, -0.1) is 0 Å². The van der Waals surface area contributed by atoms with E-state index in [-0.39, 0.29) is 12.7 Å². The number of alkyl halides is 3. The Morgan fingerprint density at radius 2 is 1.32 bits per heavy atom. The minimum absolute atomic E-state index is 0.120. The van der Waals surface area contributed by atoms with Crippen molar-refractivity contribution in [3.05, 3.63) is 70.8 Å². The molecule has 0 saturated carbocycles. The van der Waals surface area contributed by atoms with Crippen LogP contribution in [0.25, 0.3) is 0 Å². The fourth-order valence-electron chi connectivity index (χ4n) is 2.56. The first kappa shape index (κ1) is 19.5. The van der Waals surface area contributed by atoms with Crippen LogP contribution >= 0.6 is 0 Å². The second kappa shape index (κ2) is 8.05. The van der Waals surface area contributed by atoms with E-state index in [1.54, 1.807) is 0 Å². The highest BCUT2D eigenvalue weighted by molar-refractivity contribution is 5.27. The Labute approximate surface area is 147 Å². The van der Waals surface area contributed by atoms with Gasteiger partial charge in [-0.3, -0.25) is 0 Å². The van der Waals surface area contributed by atoms with Crippen molar-refractivity contribution in [3.8, 4) is 0 Å². The maximum atomic E-state index is 12.6. The summed E-state index contributed by atoms with van der Waals surface area (Å²) in [5, 5.41) is 0. The van der Waals surface area contributed by atoms with Gasteiger partial charge in [-0.05, 0) is 47.6 Å². The normalized spacial score (nSPS) is 14.6. The van der Waals surface area contributed by atoms with Crippen molar-refractivity contribution >= 4 is 0 Å². The number of rotatable bonds is 6. The molecule has 0 amide bonds. The van der Waals surface area contributed by atoms with E-state index in [2.05, 4.69) is 45.0 Å². The summed E-state index contributed by atoms with van der Waals surface area (Å²) in [7, 11) is 0. The van der Waals surface area contributed by atoms with Gasteiger partial charge >= 0.3 is 6.18 Å². The first-order valence-corrected chi connectivity index (χ1v) is 8.56. The zero-order chi connectivity index (χ0) is 18.6. The quantitative estimate of drug-likeness (QED) is 0.560. The molecule has 2 atom stereocenters. The lowest BCUT2D eigenvalue weighted by atomic mass is 9.89. The first-order valence-electron chi connectivity index (χ1n) is 8.56. The van der Waals surface area contributed by atoms with Gasteiger partial charge in [0.2, 0.25) is 0 Å². The average Bonchev–Trinajstić information content (AvgIpc) is 2.58. The van der Waals surface area contributed by atoms with Crippen LogP contribution in [0.4, 0.5) is 13.2 Å². The molecule has 2 aromatic rings. The largest absolute Gasteiger partial charge is 0.416 e. The molecule has 0 bridgehead atoms. The Kier molecular flexibility index (Phi) is 6.28. The highest BCUT2D eigenvalue weighted by Crippen LogP contribution is 2.30. The van der Waals surface area contributed by atoms with Gasteiger partial charge in [0.05, 0.1) is 18.3 Å². The third-order valence-corrected chi connectivity index (χ3v) is 4.71. The Morgan fingerprint density at radius 3 is 1.80 bits per heavy atom. The van der Waals surface area contributed by atoms with E-state index in [4.69, 9.17) is 4.74 Å². The van der Waals surface area contributed by atoms with Crippen LogP contribution in [0.2, 0.25) is 0 Å². The molecule has 136 valence electrons. The second-order valence-corrected chi connectivity index (χ2v) is 6.85. The van der Waals surface area contributed by atoms with E-state index in [0.29, 0.717) is 11.8 Å². The van der Waals surface area contributed by atoms with Crippen LogP contribution in [-0.4, -0.2) is 0 Å². The summed E-state index contributed by atoms with van der Waals surface area (Å²) >= 11 is 0. The van der Waals surface area contributed by atoms with Crippen LogP contribution in [0.5, 0.6) is 0 Å². The molecular formula is C21H25F3O. The number of halogens is 3. The van der Waals surface area contributed by atoms with E-state index in [1.807, 2.05) is 6.92 Å². The predicted molar refractivity (Wildman–Crippen MR) is 94.3 cm³/mol. The van der Waals surface area contributed by atoms with Crippen molar-refractivity contribution in [2.75, 3.05) is 0 Å². The van der Waals surface area contributed by atoms with Crippen LogP contribution in [0.1, 0.15) is 62.0 Å². The Bertz CT molecular complexity index is 657. The van der Waals surface area contributed by atoms with Gasteiger partial charge in [-0.25, -0.2) is 0 Å². The van der Waals surface area contributed by atoms with Crippen molar-refractivity contribution < 1.29 is 17.9 Å². The molecule has 0 radical (unpaired) electrons. The van der Waals surface area contributed by atoms with Gasteiger partial charge in [0.15, 0.2) is 0 Å². The fourth-order valence-corrected chi connectivity index (χ4v) is 2.56. The third-order valence-electron chi connectivity index (χ3n) is 4.71. The van der Waals surface area contributed by atoms with Gasteiger partial charge in [-0.2, -0.15) is 13.2 Å². The molecular weight excluding hydrogens is 325 g/mol. The van der Waals surface area contributed by atoms with E-state index < -0.39 is 11.7 Å². The van der Waals surface area contributed by atoms with E-state index in [1.165, 1.54) is 17.7 Å². The minimum Gasteiger partial charge on any atom is -0.369 e. The summed E-state index contributed by atoms with van der Waals surface area (Å²) in [6, 6.07) is 13.5. The number of ether oxygens (including phenoxy) is 1. The molecule has 0 aliphatic rings. The zero-order valence-electron chi connectivity index (χ0n) is 15.1. The summed E-state index contributed by atoms with van der Waals surface area (Å²) in [6.07, 6.45) is -4.42. The molecule has 0 saturated heterocycles. The van der Waals surface area contributed by atoms with Gasteiger partial charge < -0.3 is 4.74 Å². The molecule has 0 aliphatic heterocycles. The van der Waals surface area contributed by atoms with Crippen molar-refractivity contribution in [3.63, 3.8) is 0 Å². The van der Waals surface area contributed by atoms with Crippen LogP contribution in [0.3, 0.4) is 0 Å². The van der Waals surface area contributed by atoms with E-state index >= 15 is 0 Å².